The Morgan fingerprint density at radius 3 is 2.93 bits per heavy atom. The quantitative estimate of drug-likeness (QED) is 0.574. The summed E-state index contributed by atoms with van der Waals surface area (Å²) >= 11 is 0. The molecule has 5 heteroatoms. The normalized spacial score (nSPS) is 18.1. The lowest BCUT2D eigenvalue weighted by atomic mass is 10.1. The molecule has 0 saturated carbocycles. The van der Waals surface area contributed by atoms with Crippen LogP contribution in [0.1, 0.15) is 11.3 Å². The van der Waals surface area contributed by atoms with Gasteiger partial charge in [0.1, 0.15) is 6.29 Å². The van der Waals surface area contributed by atoms with Gasteiger partial charge in [-0.15, -0.1) is 0 Å². The highest BCUT2D eigenvalue weighted by Crippen LogP contribution is 2.17. The molecule has 0 amide bonds. The van der Waals surface area contributed by atoms with Crippen LogP contribution in [0.4, 0.5) is 0 Å². The predicted molar refractivity (Wildman–Crippen MR) is 106 cm³/mol. The maximum Gasteiger partial charge on any atom is 0.138 e. The molecule has 0 bridgehead atoms. The van der Waals surface area contributed by atoms with Crippen LogP contribution >= 0.6 is 0 Å². The van der Waals surface area contributed by atoms with Crippen molar-refractivity contribution in [3.63, 3.8) is 0 Å². The van der Waals surface area contributed by atoms with Crippen LogP contribution in [-0.2, 0) is 11.3 Å². The van der Waals surface area contributed by atoms with Crippen molar-refractivity contribution < 1.29 is 4.79 Å². The van der Waals surface area contributed by atoms with Crippen molar-refractivity contribution in [3.05, 3.63) is 66.1 Å². The molecule has 3 heterocycles. The summed E-state index contributed by atoms with van der Waals surface area (Å²) in [5.41, 5.74) is 3.22. The highest BCUT2D eigenvalue weighted by atomic mass is 16.1. The lowest BCUT2D eigenvalue weighted by molar-refractivity contribution is -0.114. The van der Waals surface area contributed by atoms with E-state index in [4.69, 9.17) is 0 Å². The Kier molecular flexibility index (Phi) is 5.29. The fourth-order valence-electron chi connectivity index (χ4n) is 3.49. The molecular weight excluding hydrogens is 336 g/mol. The molecule has 0 spiro atoms. The number of hydrogen-bond acceptors (Lipinski definition) is 4. The highest BCUT2D eigenvalue weighted by Gasteiger charge is 2.26. The molecule has 1 aromatic carbocycles. The van der Waals surface area contributed by atoms with E-state index < -0.39 is 0 Å². The molecule has 5 nitrogen and oxygen atoms in total. The topological polar surface area (TPSA) is 52.2 Å². The minimum atomic E-state index is -0.109. The summed E-state index contributed by atoms with van der Waals surface area (Å²) in [5.74, 6) is 6.41. The number of fused-ring (bicyclic) bond motifs is 1. The fourth-order valence-corrected chi connectivity index (χ4v) is 3.49. The van der Waals surface area contributed by atoms with Crippen LogP contribution in [0.25, 0.3) is 10.9 Å². The third-order valence-corrected chi connectivity index (χ3v) is 4.93. The fraction of sp³-hybridized carbons (Fsp3) is 0.273. The Labute approximate surface area is 159 Å². The van der Waals surface area contributed by atoms with Crippen LogP contribution in [0.3, 0.4) is 0 Å². The average molecular weight is 358 g/mol. The number of carbonyl (C=O) groups is 1. The molecule has 136 valence electrons. The SMILES string of the molecule is O=CC1CN(CC#Cc2ccccc2)CCN1Cc1cc2cnccc2[nH]1. The van der Waals surface area contributed by atoms with E-state index in [0.717, 1.165) is 54.6 Å². The smallest absolute Gasteiger partial charge is 0.138 e. The first-order valence-electron chi connectivity index (χ1n) is 9.19. The summed E-state index contributed by atoms with van der Waals surface area (Å²) in [6.45, 7) is 3.90. The third kappa shape index (κ3) is 4.25. The van der Waals surface area contributed by atoms with E-state index in [2.05, 4.69) is 37.7 Å². The van der Waals surface area contributed by atoms with Gasteiger partial charge in [-0.25, -0.2) is 0 Å². The summed E-state index contributed by atoms with van der Waals surface area (Å²) < 4.78 is 0. The number of hydrogen-bond donors (Lipinski definition) is 1. The average Bonchev–Trinajstić information content (AvgIpc) is 3.12. The molecule has 1 fully saturated rings. The largest absolute Gasteiger partial charge is 0.357 e. The van der Waals surface area contributed by atoms with Crippen molar-refractivity contribution in [3.8, 4) is 11.8 Å². The number of rotatable bonds is 4. The number of piperazine rings is 1. The maximum atomic E-state index is 11.6. The molecule has 3 aromatic rings. The Hall–Kier alpha value is -2.94. The molecule has 2 aromatic heterocycles. The zero-order chi connectivity index (χ0) is 18.5. The number of benzene rings is 1. The summed E-state index contributed by atoms with van der Waals surface area (Å²) in [7, 11) is 0. The van der Waals surface area contributed by atoms with E-state index in [-0.39, 0.29) is 6.04 Å². The first-order chi connectivity index (χ1) is 13.3. The molecule has 0 aliphatic carbocycles. The molecule has 1 aliphatic rings. The monoisotopic (exact) mass is 358 g/mol. The van der Waals surface area contributed by atoms with E-state index >= 15 is 0 Å². The number of pyridine rings is 1. The van der Waals surface area contributed by atoms with Crippen molar-refractivity contribution in [2.45, 2.75) is 12.6 Å². The van der Waals surface area contributed by atoms with Crippen LogP contribution in [0.2, 0.25) is 0 Å². The maximum absolute atomic E-state index is 11.6. The number of H-pyrrole nitrogens is 1. The van der Waals surface area contributed by atoms with Crippen LogP contribution < -0.4 is 0 Å². The number of carbonyl (C=O) groups excluding carboxylic acids is 1. The Morgan fingerprint density at radius 2 is 2.11 bits per heavy atom. The van der Waals surface area contributed by atoms with E-state index in [9.17, 15) is 4.79 Å². The van der Waals surface area contributed by atoms with Gasteiger partial charge in [-0.3, -0.25) is 14.8 Å². The molecule has 1 saturated heterocycles. The van der Waals surface area contributed by atoms with Crippen LogP contribution in [-0.4, -0.2) is 58.3 Å². The summed E-state index contributed by atoms with van der Waals surface area (Å²) in [6.07, 6.45) is 4.70. The zero-order valence-corrected chi connectivity index (χ0v) is 15.1. The van der Waals surface area contributed by atoms with Gasteiger partial charge in [0.05, 0.1) is 12.6 Å². The molecular formula is C22H22N4O. The Balaban J connectivity index is 1.37. The van der Waals surface area contributed by atoms with Crippen LogP contribution in [0.5, 0.6) is 0 Å². The van der Waals surface area contributed by atoms with Crippen molar-refractivity contribution in [2.24, 2.45) is 0 Å². The van der Waals surface area contributed by atoms with E-state index in [0.29, 0.717) is 6.54 Å². The first kappa shape index (κ1) is 17.5. The van der Waals surface area contributed by atoms with Crippen molar-refractivity contribution in [1.82, 2.24) is 19.8 Å². The second-order valence-electron chi connectivity index (χ2n) is 6.83. The highest BCUT2D eigenvalue weighted by molar-refractivity contribution is 5.79. The first-order valence-corrected chi connectivity index (χ1v) is 9.19. The number of aromatic nitrogens is 2. The van der Waals surface area contributed by atoms with Gasteiger partial charge in [0.2, 0.25) is 0 Å². The van der Waals surface area contributed by atoms with Gasteiger partial charge in [0.25, 0.3) is 0 Å². The molecule has 4 rings (SSSR count). The second kappa shape index (κ2) is 8.17. The van der Waals surface area contributed by atoms with Gasteiger partial charge in [0.15, 0.2) is 0 Å². The van der Waals surface area contributed by atoms with Crippen molar-refractivity contribution in [1.29, 1.82) is 0 Å². The van der Waals surface area contributed by atoms with E-state index in [1.165, 1.54) is 0 Å². The number of aromatic amines is 1. The predicted octanol–water partition coefficient (Wildman–Crippen LogP) is 2.30. The van der Waals surface area contributed by atoms with Gasteiger partial charge < -0.3 is 9.78 Å². The molecule has 0 radical (unpaired) electrons. The van der Waals surface area contributed by atoms with E-state index in [1.807, 2.05) is 42.6 Å². The van der Waals surface area contributed by atoms with Gasteiger partial charge >= 0.3 is 0 Å². The third-order valence-electron chi connectivity index (χ3n) is 4.93. The number of nitrogens with one attached hydrogen (secondary N) is 1. The van der Waals surface area contributed by atoms with E-state index in [1.54, 1.807) is 6.20 Å². The Bertz CT molecular complexity index is 937. The zero-order valence-electron chi connectivity index (χ0n) is 15.1. The molecule has 1 unspecified atom stereocenters. The minimum Gasteiger partial charge on any atom is -0.357 e. The van der Waals surface area contributed by atoms with Gasteiger partial charge in [0, 0.05) is 60.7 Å². The summed E-state index contributed by atoms with van der Waals surface area (Å²) in [4.78, 5) is 23.7. The molecule has 1 atom stereocenters. The molecule has 27 heavy (non-hydrogen) atoms. The van der Waals surface area contributed by atoms with Gasteiger partial charge in [-0.05, 0) is 24.3 Å². The minimum absolute atomic E-state index is 0.109. The van der Waals surface area contributed by atoms with Crippen LogP contribution in [0, 0.1) is 11.8 Å². The lowest BCUT2D eigenvalue weighted by Gasteiger charge is -2.38. The summed E-state index contributed by atoms with van der Waals surface area (Å²) in [6, 6.07) is 14.0. The Morgan fingerprint density at radius 1 is 1.22 bits per heavy atom. The van der Waals surface area contributed by atoms with Gasteiger partial charge in [-0.1, -0.05) is 30.0 Å². The molecule has 1 aliphatic heterocycles. The van der Waals surface area contributed by atoms with Crippen LogP contribution in [0.15, 0.2) is 54.9 Å². The second-order valence-corrected chi connectivity index (χ2v) is 6.83. The lowest BCUT2D eigenvalue weighted by Crippen LogP contribution is -2.53. The number of aldehydes is 1. The van der Waals surface area contributed by atoms with Gasteiger partial charge in [-0.2, -0.15) is 0 Å². The number of nitrogens with zero attached hydrogens (tertiary/aromatic N) is 3. The van der Waals surface area contributed by atoms with Crippen molar-refractivity contribution in [2.75, 3.05) is 26.2 Å². The molecule has 1 N–H and O–H groups in total. The standard InChI is InChI=1S/C22H22N4O/c27-17-21-16-25(10-4-7-18-5-2-1-3-6-18)11-12-26(21)15-20-13-19-14-23-9-8-22(19)24-20/h1-3,5-6,8-9,13-14,17,21,24H,10-12,15-16H2. The summed E-state index contributed by atoms with van der Waals surface area (Å²) in [5, 5.41) is 1.10. The van der Waals surface area contributed by atoms with Crippen molar-refractivity contribution >= 4 is 17.2 Å².